The lowest BCUT2D eigenvalue weighted by molar-refractivity contribution is -0.116. The molecule has 0 aliphatic rings. The molecule has 25 heavy (non-hydrogen) atoms. The van der Waals surface area contributed by atoms with Gasteiger partial charge in [-0.15, -0.1) is 0 Å². The van der Waals surface area contributed by atoms with E-state index < -0.39 is 11.2 Å². The zero-order valence-electron chi connectivity index (χ0n) is 13.3. The van der Waals surface area contributed by atoms with Crippen LogP contribution in [0.3, 0.4) is 0 Å². The van der Waals surface area contributed by atoms with Crippen molar-refractivity contribution in [3.63, 3.8) is 0 Å². The second-order valence-corrected chi connectivity index (χ2v) is 6.24. The number of hydrogen-bond donors (Lipinski definition) is 1. The van der Waals surface area contributed by atoms with Crippen molar-refractivity contribution < 1.29 is 4.79 Å². The lowest BCUT2D eigenvalue weighted by atomic mass is 10.3. The van der Waals surface area contributed by atoms with Crippen LogP contribution < -0.4 is 16.6 Å². The minimum atomic E-state index is -0.516. The molecule has 1 amide bonds. The van der Waals surface area contributed by atoms with Gasteiger partial charge in [0.2, 0.25) is 5.91 Å². The van der Waals surface area contributed by atoms with Crippen LogP contribution in [0.5, 0.6) is 0 Å². The van der Waals surface area contributed by atoms with E-state index in [2.05, 4.69) is 10.3 Å². The summed E-state index contributed by atoms with van der Waals surface area (Å²) < 4.78 is 3.62. The number of anilines is 1. The number of aryl methyl sites for hydroxylation is 1. The third-order valence-corrected chi connectivity index (χ3v) is 4.47. The summed E-state index contributed by atoms with van der Waals surface area (Å²) in [5, 5.41) is 3.36. The summed E-state index contributed by atoms with van der Waals surface area (Å²) >= 11 is 11.7. The maximum absolute atomic E-state index is 12.3. The molecule has 2 aromatic heterocycles. The normalized spacial score (nSPS) is 11.0. The van der Waals surface area contributed by atoms with Crippen LogP contribution >= 0.6 is 23.2 Å². The summed E-state index contributed by atoms with van der Waals surface area (Å²) in [7, 11) is 2.88. The SMILES string of the molecule is Cn1c(=O)c2c(ncn2CC(=O)Nc2ccc(Cl)c(Cl)c2)n(C)c1=O. The average molecular weight is 382 g/mol. The maximum atomic E-state index is 12.3. The van der Waals surface area contributed by atoms with Crippen LogP contribution in [0.2, 0.25) is 10.0 Å². The molecule has 0 saturated heterocycles. The van der Waals surface area contributed by atoms with E-state index in [0.29, 0.717) is 15.7 Å². The molecule has 0 saturated carbocycles. The molecule has 0 radical (unpaired) electrons. The number of nitrogens with zero attached hydrogens (tertiary/aromatic N) is 4. The zero-order valence-corrected chi connectivity index (χ0v) is 14.8. The Hall–Kier alpha value is -2.58. The number of imidazole rings is 1. The number of benzene rings is 1. The number of halogens is 2. The smallest absolute Gasteiger partial charge is 0.324 e. The van der Waals surface area contributed by atoms with Crippen molar-refractivity contribution >= 4 is 46.0 Å². The van der Waals surface area contributed by atoms with Crippen LogP contribution in [0.1, 0.15) is 0 Å². The Bertz CT molecular complexity index is 1110. The Kier molecular flexibility index (Phi) is 4.40. The van der Waals surface area contributed by atoms with Crippen molar-refractivity contribution in [2.75, 3.05) is 5.32 Å². The van der Waals surface area contributed by atoms with Crippen LogP contribution in [0, 0.1) is 0 Å². The highest BCUT2D eigenvalue weighted by molar-refractivity contribution is 6.42. The predicted molar refractivity (Wildman–Crippen MR) is 95.3 cm³/mol. The molecule has 0 atom stereocenters. The number of carbonyl (C=O) groups is 1. The lowest BCUT2D eigenvalue weighted by Gasteiger charge is -2.08. The second-order valence-electron chi connectivity index (χ2n) is 5.43. The first kappa shape index (κ1) is 17.2. The molecule has 1 aromatic carbocycles. The number of fused-ring (bicyclic) bond motifs is 1. The number of rotatable bonds is 3. The van der Waals surface area contributed by atoms with Gasteiger partial charge in [0.05, 0.1) is 16.4 Å². The van der Waals surface area contributed by atoms with Gasteiger partial charge in [-0.2, -0.15) is 0 Å². The fourth-order valence-corrected chi connectivity index (χ4v) is 2.74. The van der Waals surface area contributed by atoms with Gasteiger partial charge in [-0.1, -0.05) is 23.2 Å². The Morgan fingerprint density at radius 3 is 2.56 bits per heavy atom. The van der Waals surface area contributed by atoms with Gasteiger partial charge in [0.1, 0.15) is 6.54 Å². The van der Waals surface area contributed by atoms with Gasteiger partial charge in [0.25, 0.3) is 5.56 Å². The molecule has 2 heterocycles. The van der Waals surface area contributed by atoms with Gasteiger partial charge in [-0.25, -0.2) is 9.78 Å². The quantitative estimate of drug-likeness (QED) is 0.741. The minimum Gasteiger partial charge on any atom is -0.324 e. The first-order chi connectivity index (χ1) is 11.8. The lowest BCUT2D eigenvalue weighted by Crippen LogP contribution is -2.37. The molecule has 0 aliphatic carbocycles. The van der Waals surface area contributed by atoms with E-state index in [1.54, 1.807) is 12.1 Å². The highest BCUT2D eigenvalue weighted by Crippen LogP contribution is 2.25. The third-order valence-electron chi connectivity index (χ3n) is 3.73. The summed E-state index contributed by atoms with van der Waals surface area (Å²) in [6, 6.07) is 4.70. The number of aromatic nitrogens is 4. The van der Waals surface area contributed by atoms with Crippen molar-refractivity contribution in [3.05, 3.63) is 55.4 Å². The molecule has 0 aliphatic heterocycles. The molecule has 0 fully saturated rings. The molecule has 130 valence electrons. The van der Waals surface area contributed by atoms with Gasteiger partial charge >= 0.3 is 5.69 Å². The van der Waals surface area contributed by atoms with Crippen molar-refractivity contribution in [1.29, 1.82) is 0 Å². The number of carbonyl (C=O) groups excluding carboxylic acids is 1. The number of nitrogens with one attached hydrogen (secondary N) is 1. The molecule has 3 rings (SSSR count). The minimum absolute atomic E-state index is 0.149. The second kappa shape index (κ2) is 6.38. The summed E-state index contributed by atoms with van der Waals surface area (Å²) in [4.78, 5) is 40.6. The highest BCUT2D eigenvalue weighted by Gasteiger charge is 2.16. The van der Waals surface area contributed by atoms with Crippen LogP contribution in [0.4, 0.5) is 5.69 Å². The van der Waals surface area contributed by atoms with E-state index >= 15 is 0 Å². The number of hydrogen-bond acceptors (Lipinski definition) is 4. The van der Waals surface area contributed by atoms with E-state index in [9.17, 15) is 14.4 Å². The van der Waals surface area contributed by atoms with Crippen LogP contribution in [0.25, 0.3) is 11.2 Å². The first-order valence-corrected chi connectivity index (χ1v) is 7.91. The van der Waals surface area contributed by atoms with Crippen molar-refractivity contribution in [2.45, 2.75) is 6.54 Å². The van der Waals surface area contributed by atoms with Gasteiger partial charge < -0.3 is 9.88 Å². The summed E-state index contributed by atoms with van der Waals surface area (Å²) in [5.41, 5.74) is -0.130. The van der Waals surface area contributed by atoms with Gasteiger partial charge in [-0.05, 0) is 18.2 Å². The summed E-state index contributed by atoms with van der Waals surface area (Å²) in [5.74, 6) is -0.381. The Morgan fingerprint density at radius 1 is 1.16 bits per heavy atom. The monoisotopic (exact) mass is 381 g/mol. The van der Waals surface area contributed by atoms with E-state index in [1.807, 2.05) is 0 Å². The van der Waals surface area contributed by atoms with Crippen molar-refractivity contribution in [3.8, 4) is 0 Å². The largest absolute Gasteiger partial charge is 0.332 e. The van der Waals surface area contributed by atoms with E-state index in [0.717, 1.165) is 4.57 Å². The fourth-order valence-electron chi connectivity index (χ4n) is 2.45. The molecule has 0 unspecified atom stereocenters. The summed E-state index contributed by atoms with van der Waals surface area (Å²) in [6.07, 6.45) is 1.35. The van der Waals surface area contributed by atoms with E-state index in [1.165, 1.54) is 35.6 Å². The predicted octanol–water partition coefficient (Wildman–Crippen LogP) is 1.38. The van der Waals surface area contributed by atoms with Gasteiger partial charge in [0, 0.05) is 19.8 Å². The fraction of sp³-hybridized carbons (Fsp3) is 0.200. The summed E-state index contributed by atoms with van der Waals surface area (Å²) in [6.45, 7) is -0.149. The highest BCUT2D eigenvalue weighted by atomic mass is 35.5. The van der Waals surface area contributed by atoms with Crippen LogP contribution in [-0.4, -0.2) is 24.6 Å². The maximum Gasteiger partial charge on any atom is 0.332 e. The molecule has 8 nitrogen and oxygen atoms in total. The van der Waals surface area contributed by atoms with E-state index in [4.69, 9.17) is 23.2 Å². The Morgan fingerprint density at radius 2 is 1.88 bits per heavy atom. The molecule has 3 aromatic rings. The van der Waals surface area contributed by atoms with Crippen molar-refractivity contribution in [1.82, 2.24) is 18.7 Å². The van der Waals surface area contributed by atoms with E-state index in [-0.39, 0.29) is 23.6 Å². The van der Waals surface area contributed by atoms with Crippen LogP contribution in [0.15, 0.2) is 34.1 Å². The molecule has 1 N–H and O–H groups in total. The molecule has 0 bridgehead atoms. The molecule has 10 heteroatoms. The first-order valence-electron chi connectivity index (χ1n) is 7.15. The van der Waals surface area contributed by atoms with Gasteiger partial charge in [-0.3, -0.25) is 18.7 Å². The van der Waals surface area contributed by atoms with Gasteiger partial charge in [0.15, 0.2) is 11.2 Å². The molecule has 0 spiro atoms. The molecular weight excluding hydrogens is 369 g/mol. The Labute approximate surface area is 151 Å². The Balaban J connectivity index is 1.93. The topological polar surface area (TPSA) is 90.9 Å². The van der Waals surface area contributed by atoms with Crippen LogP contribution in [-0.2, 0) is 25.4 Å². The zero-order chi connectivity index (χ0) is 18.3. The average Bonchev–Trinajstić information content (AvgIpc) is 2.98. The van der Waals surface area contributed by atoms with Crippen molar-refractivity contribution in [2.24, 2.45) is 14.1 Å². The third kappa shape index (κ3) is 3.06. The molecular formula is C15H13Cl2N5O3. The standard InChI is InChI=1S/C15H13Cl2N5O3/c1-20-13-12(14(24)21(2)15(20)25)22(7-18-13)6-11(23)19-8-3-4-9(16)10(17)5-8/h3-5,7H,6H2,1-2H3,(H,19,23). The number of amides is 1.